The number of anilines is 1. The van der Waals surface area contributed by atoms with E-state index in [4.69, 9.17) is 11.6 Å². The first-order valence-corrected chi connectivity index (χ1v) is 7.09. The van der Waals surface area contributed by atoms with Gasteiger partial charge in [-0.1, -0.05) is 33.6 Å². The molecular formula is C15H14BrClFN. The maximum atomic E-state index is 13.3. The lowest BCUT2D eigenvalue weighted by molar-refractivity contribution is 0.626. The van der Waals surface area contributed by atoms with Gasteiger partial charge in [0.05, 0.1) is 5.02 Å². The Hall–Kier alpha value is -1.06. The van der Waals surface area contributed by atoms with E-state index in [9.17, 15) is 4.39 Å². The van der Waals surface area contributed by atoms with Crippen LogP contribution in [0.5, 0.6) is 0 Å². The first-order chi connectivity index (χ1) is 8.97. The van der Waals surface area contributed by atoms with Crippen molar-refractivity contribution in [1.82, 2.24) is 0 Å². The minimum absolute atomic E-state index is 0.152. The second-order valence-corrected chi connectivity index (χ2v) is 5.73. The van der Waals surface area contributed by atoms with Crippen LogP contribution in [-0.2, 0) is 6.54 Å². The fourth-order valence-corrected chi connectivity index (χ4v) is 2.25. The number of halogens is 3. The van der Waals surface area contributed by atoms with Crippen molar-refractivity contribution in [3.8, 4) is 0 Å². The molecule has 0 aliphatic carbocycles. The molecule has 0 atom stereocenters. The van der Waals surface area contributed by atoms with E-state index in [-0.39, 0.29) is 10.8 Å². The Bertz CT molecular complexity index is 590. The molecule has 0 saturated heterocycles. The van der Waals surface area contributed by atoms with Crippen molar-refractivity contribution in [3.63, 3.8) is 0 Å². The van der Waals surface area contributed by atoms with Crippen LogP contribution in [0.15, 0.2) is 34.8 Å². The lowest BCUT2D eigenvalue weighted by Crippen LogP contribution is -2.01. The third-order valence-corrected chi connectivity index (χ3v) is 4.47. The Balaban J connectivity index is 2.12. The molecule has 0 amide bonds. The number of hydrogen-bond donors (Lipinski definition) is 1. The molecule has 1 N–H and O–H groups in total. The zero-order valence-corrected chi connectivity index (χ0v) is 13.1. The normalized spacial score (nSPS) is 10.6. The molecule has 2 aromatic carbocycles. The van der Waals surface area contributed by atoms with Crippen molar-refractivity contribution in [3.05, 3.63) is 62.3 Å². The lowest BCUT2D eigenvalue weighted by atomic mass is 10.1. The highest BCUT2D eigenvalue weighted by molar-refractivity contribution is 9.10. The monoisotopic (exact) mass is 341 g/mol. The first-order valence-electron chi connectivity index (χ1n) is 5.92. The molecule has 100 valence electrons. The summed E-state index contributed by atoms with van der Waals surface area (Å²) in [5.41, 5.74) is 4.23. The van der Waals surface area contributed by atoms with E-state index in [2.05, 4.69) is 33.4 Å². The van der Waals surface area contributed by atoms with Crippen molar-refractivity contribution in [2.24, 2.45) is 0 Å². The Kier molecular flexibility index (Phi) is 4.48. The van der Waals surface area contributed by atoms with Gasteiger partial charge >= 0.3 is 0 Å². The lowest BCUT2D eigenvalue weighted by Gasteiger charge is -2.11. The van der Waals surface area contributed by atoms with E-state index >= 15 is 0 Å². The smallest absolute Gasteiger partial charge is 0.142 e. The Morgan fingerprint density at radius 2 is 1.79 bits per heavy atom. The van der Waals surface area contributed by atoms with Gasteiger partial charge in [0.1, 0.15) is 5.82 Å². The van der Waals surface area contributed by atoms with Crippen molar-refractivity contribution in [2.45, 2.75) is 20.4 Å². The van der Waals surface area contributed by atoms with E-state index in [1.54, 1.807) is 6.07 Å². The summed E-state index contributed by atoms with van der Waals surface area (Å²) in [5.74, 6) is -0.385. The molecule has 0 unspecified atom stereocenters. The molecule has 0 saturated carbocycles. The molecular weight excluding hydrogens is 329 g/mol. The first kappa shape index (κ1) is 14.4. The standard InChI is InChI=1S/C15H14BrClFN/c1-9-5-12(6-10(2)15(9)16)19-8-11-3-4-13(17)14(18)7-11/h3-7,19H,8H2,1-2H3. The highest BCUT2D eigenvalue weighted by Gasteiger charge is 2.04. The Morgan fingerprint density at radius 1 is 1.16 bits per heavy atom. The summed E-state index contributed by atoms with van der Waals surface area (Å²) in [4.78, 5) is 0. The van der Waals surface area contributed by atoms with Crippen LogP contribution < -0.4 is 5.32 Å². The third kappa shape index (κ3) is 3.48. The molecule has 2 rings (SSSR count). The summed E-state index contributed by atoms with van der Waals surface area (Å²) in [6, 6.07) is 8.96. The highest BCUT2D eigenvalue weighted by atomic mass is 79.9. The second kappa shape index (κ2) is 5.93. The van der Waals surface area contributed by atoms with Crippen molar-refractivity contribution >= 4 is 33.2 Å². The van der Waals surface area contributed by atoms with Crippen molar-refractivity contribution < 1.29 is 4.39 Å². The molecule has 0 heterocycles. The largest absolute Gasteiger partial charge is 0.381 e. The molecule has 4 heteroatoms. The fourth-order valence-electron chi connectivity index (χ4n) is 1.90. The average molecular weight is 343 g/mol. The van der Waals surface area contributed by atoms with E-state index in [0.29, 0.717) is 6.54 Å². The van der Waals surface area contributed by atoms with Crippen LogP contribution in [0.2, 0.25) is 5.02 Å². The van der Waals surface area contributed by atoms with Crippen LogP contribution >= 0.6 is 27.5 Å². The van der Waals surface area contributed by atoms with E-state index in [1.807, 2.05) is 19.9 Å². The average Bonchev–Trinajstić information content (AvgIpc) is 2.37. The Labute approximate surface area is 125 Å². The Morgan fingerprint density at radius 3 is 2.37 bits per heavy atom. The van der Waals surface area contributed by atoms with Gasteiger partial charge in [-0.25, -0.2) is 4.39 Å². The van der Waals surface area contributed by atoms with E-state index in [0.717, 1.165) is 15.7 Å². The van der Waals surface area contributed by atoms with Gasteiger partial charge in [0.25, 0.3) is 0 Å². The van der Waals surface area contributed by atoms with Gasteiger partial charge in [-0.05, 0) is 54.8 Å². The molecule has 0 spiro atoms. The number of benzene rings is 2. The molecule has 0 fully saturated rings. The van der Waals surface area contributed by atoms with Gasteiger partial charge in [0.15, 0.2) is 0 Å². The summed E-state index contributed by atoms with van der Waals surface area (Å²) < 4.78 is 14.4. The van der Waals surface area contributed by atoms with Crippen LogP contribution in [0.4, 0.5) is 10.1 Å². The molecule has 0 aliphatic rings. The van der Waals surface area contributed by atoms with E-state index in [1.165, 1.54) is 17.2 Å². The third-order valence-electron chi connectivity index (χ3n) is 2.92. The SMILES string of the molecule is Cc1cc(NCc2ccc(Cl)c(F)c2)cc(C)c1Br. The maximum Gasteiger partial charge on any atom is 0.142 e. The predicted molar refractivity (Wildman–Crippen MR) is 82.4 cm³/mol. The quantitative estimate of drug-likeness (QED) is 0.780. The molecule has 0 aliphatic heterocycles. The summed E-state index contributed by atoms with van der Waals surface area (Å²) in [5, 5.41) is 3.44. The molecule has 2 aromatic rings. The second-order valence-electron chi connectivity index (χ2n) is 4.53. The van der Waals surface area contributed by atoms with Crippen LogP contribution in [0.3, 0.4) is 0 Å². The predicted octanol–water partition coefficient (Wildman–Crippen LogP) is 5.47. The van der Waals surface area contributed by atoms with Gasteiger partial charge in [0, 0.05) is 16.7 Å². The van der Waals surface area contributed by atoms with Crippen molar-refractivity contribution in [2.75, 3.05) is 5.32 Å². The van der Waals surface area contributed by atoms with E-state index < -0.39 is 0 Å². The van der Waals surface area contributed by atoms with Crippen LogP contribution in [0.25, 0.3) is 0 Å². The molecule has 0 bridgehead atoms. The number of rotatable bonds is 3. The highest BCUT2D eigenvalue weighted by Crippen LogP contribution is 2.25. The van der Waals surface area contributed by atoms with Gasteiger partial charge in [-0.15, -0.1) is 0 Å². The van der Waals surface area contributed by atoms with Crippen LogP contribution in [-0.4, -0.2) is 0 Å². The maximum absolute atomic E-state index is 13.3. The fraction of sp³-hybridized carbons (Fsp3) is 0.200. The molecule has 0 radical (unpaired) electrons. The van der Waals surface area contributed by atoms with Crippen molar-refractivity contribution in [1.29, 1.82) is 0 Å². The summed E-state index contributed by atoms with van der Waals surface area (Å²) in [6.45, 7) is 4.66. The van der Waals surface area contributed by atoms with Gasteiger partial charge in [-0.3, -0.25) is 0 Å². The van der Waals surface area contributed by atoms with Gasteiger partial charge in [-0.2, -0.15) is 0 Å². The number of hydrogen-bond acceptors (Lipinski definition) is 1. The summed E-state index contributed by atoms with van der Waals surface area (Å²) in [7, 11) is 0. The molecule has 19 heavy (non-hydrogen) atoms. The van der Waals surface area contributed by atoms with Gasteiger partial charge in [0.2, 0.25) is 0 Å². The number of nitrogens with one attached hydrogen (secondary N) is 1. The molecule has 0 aromatic heterocycles. The van der Waals surface area contributed by atoms with Gasteiger partial charge < -0.3 is 5.32 Å². The molecule has 1 nitrogen and oxygen atoms in total. The minimum atomic E-state index is -0.385. The van der Waals surface area contributed by atoms with Crippen LogP contribution in [0, 0.1) is 19.7 Å². The summed E-state index contributed by atoms with van der Waals surface area (Å²) >= 11 is 9.19. The van der Waals surface area contributed by atoms with Crippen LogP contribution in [0.1, 0.15) is 16.7 Å². The summed E-state index contributed by atoms with van der Waals surface area (Å²) in [6.07, 6.45) is 0. The zero-order valence-electron chi connectivity index (χ0n) is 10.7. The zero-order chi connectivity index (χ0) is 14.0. The topological polar surface area (TPSA) is 12.0 Å². The minimum Gasteiger partial charge on any atom is -0.381 e. The number of aryl methyl sites for hydroxylation is 2.